The summed E-state index contributed by atoms with van der Waals surface area (Å²) < 4.78 is 6.92. The van der Waals surface area contributed by atoms with Gasteiger partial charge in [-0.3, -0.25) is 19.5 Å². The molecule has 23 heavy (non-hydrogen) atoms. The summed E-state index contributed by atoms with van der Waals surface area (Å²) in [5.74, 6) is 0.496. The van der Waals surface area contributed by atoms with E-state index in [-0.39, 0.29) is 5.69 Å². The summed E-state index contributed by atoms with van der Waals surface area (Å²) in [5, 5.41) is 13.3. The number of aromatic nitrogens is 2. The van der Waals surface area contributed by atoms with Crippen LogP contribution in [0.3, 0.4) is 0 Å². The van der Waals surface area contributed by atoms with Crippen LogP contribution in [0.1, 0.15) is 10.5 Å². The molecule has 0 aliphatic heterocycles. The Kier molecular flexibility index (Phi) is 3.90. The lowest BCUT2D eigenvalue weighted by atomic mass is 10.1. The van der Waals surface area contributed by atoms with E-state index in [1.54, 1.807) is 34.3 Å². The van der Waals surface area contributed by atoms with Crippen molar-refractivity contribution in [2.75, 3.05) is 7.11 Å². The van der Waals surface area contributed by atoms with E-state index in [1.165, 1.54) is 30.6 Å². The molecule has 0 amide bonds. The Hall–Kier alpha value is -3.00. The van der Waals surface area contributed by atoms with Crippen molar-refractivity contribution in [3.8, 4) is 22.1 Å². The fraction of sp³-hybridized carbons (Fsp3) is 0.0667. The molecule has 0 bridgehead atoms. The summed E-state index contributed by atoms with van der Waals surface area (Å²) in [6.07, 6.45) is 2.48. The molecule has 0 unspecified atom stereocenters. The van der Waals surface area contributed by atoms with Gasteiger partial charge in [0.15, 0.2) is 11.4 Å². The largest absolute Gasteiger partial charge is 0.496 e. The van der Waals surface area contributed by atoms with Gasteiger partial charge in [-0.25, -0.2) is 4.98 Å². The topological polar surface area (TPSA) is 87.3 Å². The molecule has 2 heterocycles. The minimum atomic E-state index is -0.466. The first-order chi connectivity index (χ1) is 11.1. The minimum absolute atomic E-state index is 0.0371. The fourth-order valence-corrected chi connectivity index (χ4v) is 3.00. The number of nitro benzene ring substituents is 1. The van der Waals surface area contributed by atoms with Gasteiger partial charge in [0.2, 0.25) is 0 Å². The predicted molar refractivity (Wildman–Crippen MR) is 85.5 cm³/mol. The molecule has 2 aromatic heterocycles. The van der Waals surface area contributed by atoms with Crippen LogP contribution in [0.15, 0.2) is 41.9 Å². The van der Waals surface area contributed by atoms with E-state index in [4.69, 9.17) is 4.74 Å². The molecule has 8 heteroatoms. The maximum atomic E-state index is 11.0. The number of nitrogens with zero attached hydrogens (tertiary/aromatic N) is 3. The second-order valence-corrected chi connectivity index (χ2v) is 5.41. The van der Waals surface area contributed by atoms with E-state index in [2.05, 4.69) is 4.98 Å². The third-order valence-electron chi connectivity index (χ3n) is 3.27. The Labute approximate surface area is 134 Å². The van der Waals surface area contributed by atoms with E-state index >= 15 is 0 Å². The molecule has 116 valence electrons. The quantitative estimate of drug-likeness (QED) is 0.407. The van der Waals surface area contributed by atoms with E-state index in [1.807, 2.05) is 0 Å². The van der Waals surface area contributed by atoms with Crippen molar-refractivity contribution in [1.82, 2.24) is 9.55 Å². The Balaban J connectivity index is 2.08. The van der Waals surface area contributed by atoms with Crippen LogP contribution in [0.25, 0.3) is 16.4 Å². The second-order valence-electron chi connectivity index (χ2n) is 4.58. The van der Waals surface area contributed by atoms with Crippen molar-refractivity contribution >= 4 is 23.3 Å². The van der Waals surface area contributed by atoms with E-state index in [9.17, 15) is 14.9 Å². The highest BCUT2D eigenvalue weighted by atomic mass is 32.1. The van der Waals surface area contributed by atoms with Crippen LogP contribution in [0.5, 0.6) is 5.75 Å². The number of aldehydes is 1. The maximum absolute atomic E-state index is 11.0. The van der Waals surface area contributed by atoms with Crippen LogP contribution in [-0.2, 0) is 0 Å². The molecule has 0 aliphatic rings. The van der Waals surface area contributed by atoms with Gasteiger partial charge in [-0.15, -0.1) is 11.3 Å². The summed E-state index contributed by atoms with van der Waals surface area (Å²) in [5.41, 5.74) is 1.53. The average molecular weight is 329 g/mol. The molecule has 0 aliphatic carbocycles. The summed E-state index contributed by atoms with van der Waals surface area (Å²) in [6, 6.07) is 7.78. The van der Waals surface area contributed by atoms with Gasteiger partial charge in [-0.2, -0.15) is 0 Å². The first kappa shape index (κ1) is 14.9. The predicted octanol–water partition coefficient (Wildman–Crippen LogP) is 3.33. The normalized spacial score (nSPS) is 10.5. The molecule has 0 fully saturated rings. The van der Waals surface area contributed by atoms with Gasteiger partial charge < -0.3 is 4.74 Å². The van der Waals surface area contributed by atoms with Crippen molar-refractivity contribution < 1.29 is 14.5 Å². The van der Waals surface area contributed by atoms with E-state index < -0.39 is 4.92 Å². The van der Waals surface area contributed by atoms with E-state index in [0.717, 1.165) is 6.29 Å². The highest BCUT2D eigenvalue weighted by Crippen LogP contribution is 2.34. The number of nitro groups is 1. The van der Waals surface area contributed by atoms with Crippen LogP contribution in [-0.4, -0.2) is 27.9 Å². The average Bonchev–Trinajstić information content (AvgIpc) is 3.22. The minimum Gasteiger partial charge on any atom is -0.496 e. The number of hydrogen-bond acceptors (Lipinski definition) is 6. The first-order valence-corrected chi connectivity index (χ1v) is 7.43. The van der Waals surface area contributed by atoms with Crippen LogP contribution >= 0.6 is 11.3 Å². The number of hydrogen-bond donors (Lipinski definition) is 0. The molecular weight excluding hydrogens is 318 g/mol. The zero-order chi connectivity index (χ0) is 16.4. The third kappa shape index (κ3) is 2.71. The molecule has 0 spiro atoms. The van der Waals surface area contributed by atoms with E-state index in [0.29, 0.717) is 27.8 Å². The molecule has 0 saturated heterocycles. The number of benzene rings is 1. The Morgan fingerprint density at radius 3 is 2.91 bits per heavy atom. The zero-order valence-corrected chi connectivity index (χ0v) is 12.8. The number of rotatable bonds is 5. The lowest BCUT2D eigenvalue weighted by Crippen LogP contribution is -1.97. The lowest BCUT2D eigenvalue weighted by molar-refractivity contribution is -0.384. The summed E-state index contributed by atoms with van der Waals surface area (Å²) in [4.78, 5) is 26.0. The van der Waals surface area contributed by atoms with Crippen molar-refractivity contribution in [1.29, 1.82) is 0 Å². The standard InChI is InChI=1S/C15H11N3O4S/c1-22-14-5-4-10(18(20)21)7-12(14)13-9-23-15(16-13)17-6-2-3-11(17)8-19/h2-9H,1H3. The number of methoxy groups -OCH3 is 1. The maximum Gasteiger partial charge on any atom is 0.270 e. The summed E-state index contributed by atoms with van der Waals surface area (Å²) in [7, 11) is 1.49. The van der Waals surface area contributed by atoms with Gasteiger partial charge in [-0.05, 0) is 18.2 Å². The van der Waals surface area contributed by atoms with Gasteiger partial charge in [-0.1, -0.05) is 0 Å². The van der Waals surface area contributed by atoms with Gasteiger partial charge in [0.1, 0.15) is 5.75 Å². The molecule has 0 radical (unpaired) electrons. The molecule has 1 aromatic carbocycles. The molecule has 0 N–H and O–H groups in total. The van der Waals surface area contributed by atoms with Crippen LogP contribution in [0.4, 0.5) is 5.69 Å². The molecular formula is C15H11N3O4S. The monoisotopic (exact) mass is 329 g/mol. The zero-order valence-electron chi connectivity index (χ0n) is 12.0. The van der Waals surface area contributed by atoms with Gasteiger partial charge in [0.25, 0.3) is 5.69 Å². The molecule has 3 rings (SSSR count). The van der Waals surface area contributed by atoms with Gasteiger partial charge in [0, 0.05) is 29.3 Å². The number of thiazole rings is 1. The van der Waals surface area contributed by atoms with Crippen LogP contribution in [0, 0.1) is 10.1 Å². The fourth-order valence-electron chi connectivity index (χ4n) is 2.17. The Morgan fingerprint density at radius 1 is 1.39 bits per heavy atom. The number of carbonyl (C=O) groups is 1. The number of non-ortho nitro benzene ring substituents is 1. The van der Waals surface area contributed by atoms with Gasteiger partial charge in [0.05, 0.1) is 23.4 Å². The summed E-state index contributed by atoms with van der Waals surface area (Å²) in [6.45, 7) is 0. The highest BCUT2D eigenvalue weighted by Gasteiger charge is 2.16. The Bertz CT molecular complexity index is 884. The molecule has 3 aromatic rings. The lowest BCUT2D eigenvalue weighted by Gasteiger charge is -2.06. The van der Waals surface area contributed by atoms with Crippen molar-refractivity contribution in [3.05, 3.63) is 57.7 Å². The second kappa shape index (κ2) is 6.01. The van der Waals surface area contributed by atoms with Crippen LogP contribution in [0.2, 0.25) is 0 Å². The smallest absolute Gasteiger partial charge is 0.270 e. The molecule has 7 nitrogen and oxygen atoms in total. The number of ether oxygens (including phenoxy) is 1. The SMILES string of the molecule is COc1ccc([N+](=O)[O-])cc1-c1csc(-n2cccc2C=O)n1. The molecule has 0 saturated carbocycles. The number of carbonyl (C=O) groups excluding carboxylic acids is 1. The Morgan fingerprint density at radius 2 is 2.22 bits per heavy atom. The van der Waals surface area contributed by atoms with Crippen LogP contribution < -0.4 is 4.74 Å². The first-order valence-electron chi connectivity index (χ1n) is 6.55. The molecule has 0 atom stereocenters. The van der Waals surface area contributed by atoms with Crippen molar-refractivity contribution in [2.24, 2.45) is 0 Å². The summed E-state index contributed by atoms with van der Waals surface area (Å²) >= 11 is 1.33. The highest BCUT2D eigenvalue weighted by molar-refractivity contribution is 7.12. The van der Waals surface area contributed by atoms with Crippen molar-refractivity contribution in [3.63, 3.8) is 0 Å². The van der Waals surface area contributed by atoms with Gasteiger partial charge >= 0.3 is 0 Å². The third-order valence-corrected chi connectivity index (χ3v) is 4.11. The van der Waals surface area contributed by atoms with Crippen molar-refractivity contribution in [2.45, 2.75) is 0 Å².